The van der Waals surface area contributed by atoms with E-state index in [1.807, 2.05) is 5.38 Å². The second kappa shape index (κ2) is 5.37. The standard InChI is InChI=1S/C11H11N3OS/c15-11(9-2-1-4-12-6-9)13-5-3-10-7-16-8-14-10/h1-2,4,6-8H,3,5H2,(H,13,15). The topological polar surface area (TPSA) is 54.9 Å². The zero-order chi connectivity index (χ0) is 11.2. The van der Waals surface area contributed by atoms with E-state index in [-0.39, 0.29) is 5.91 Å². The zero-order valence-corrected chi connectivity index (χ0v) is 9.41. The first-order valence-electron chi connectivity index (χ1n) is 4.91. The van der Waals surface area contributed by atoms with Gasteiger partial charge >= 0.3 is 0 Å². The van der Waals surface area contributed by atoms with E-state index in [4.69, 9.17) is 0 Å². The molecule has 82 valence electrons. The van der Waals surface area contributed by atoms with Gasteiger partial charge < -0.3 is 5.32 Å². The average Bonchev–Trinajstić information content (AvgIpc) is 2.83. The minimum atomic E-state index is -0.0941. The van der Waals surface area contributed by atoms with Crippen LogP contribution in [0.2, 0.25) is 0 Å². The molecule has 2 aromatic rings. The maximum Gasteiger partial charge on any atom is 0.252 e. The van der Waals surface area contributed by atoms with Gasteiger partial charge in [-0.15, -0.1) is 11.3 Å². The van der Waals surface area contributed by atoms with Crippen molar-refractivity contribution in [1.29, 1.82) is 0 Å². The number of thiazole rings is 1. The van der Waals surface area contributed by atoms with E-state index >= 15 is 0 Å². The molecule has 1 amide bonds. The quantitative estimate of drug-likeness (QED) is 0.871. The second-order valence-electron chi connectivity index (χ2n) is 3.23. The first kappa shape index (κ1) is 10.8. The molecule has 2 aromatic heterocycles. The highest BCUT2D eigenvalue weighted by molar-refractivity contribution is 7.07. The number of hydrogen-bond acceptors (Lipinski definition) is 4. The molecule has 1 N–H and O–H groups in total. The third-order valence-electron chi connectivity index (χ3n) is 2.07. The summed E-state index contributed by atoms with van der Waals surface area (Å²) in [5, 5.41) is 4.81. The van der Waals surface area contributed by atoms with Crippen molar-refractivity contribution < 1.29 is 4.79 Å². The summed E-state index contributed by atoms with van der Waals surface area (Å²) in [7, 11) is 0. The summed E-state index contributed by atoms with van der Waals surface area (Å²) in [5.41, 5.74) is 3.38. The monoisotopic (exact) mass is 233 g/mol. The van der Waals surface area contributed by atoms with E-state index < -0.39 is 0 Å². The van der Waals surface area contributed by atoms with Gasteiger partial charge in [0, 0.05) is 30.7 Å². The molecule has 0 aliphatic carbocycles. The summed E-state index contributed by atoms with van der Waals surface area (Å²) in [6.45, 7) is 0.595. The maximum atomic E-state index is 11.6. The SMILES string of the molecule is O=C(NCCc1cscn1)c1cccnc1. The average molecular weight is 233 g/mol. The molecule has 0 unspecified atom stereocenters. The van der Waals surface area contributed by atoms with Gasteiger partial charge in [0.1, 0.15) is 0 Å². The van der Waals surface area contributed by atoms with Gasteiger partial charge in [-0.25, -0.2) is 4.98 Å². The molecular formula is C11H11N3OS. The molecule has 2 heterocycles. The van der Waals surface area contributed by atoms with Crippen LogP contribution in [0.25, 0.3) is 0 Å². The largest absolute Gasteiger partial charge is 0.352 e. The highest BCUT2D eigenvalue weighted by Crippen LogP contribution is 2.01. The number of amides is 1. The summed E-state index contributed by atoms with van der Waals surface area (Å²) in [6.07, 6.45) is 3.96. The smallest absolute Gasteiger partial charge is 0.252 e. The number of rotatable bonds is 4. The Bertz CT molecular complexity index is 442. The number of aromatic nitrogens is 2. The molecule has 0 fully saturated rings. The third kappa shape index (κ3) is 2.87. The molecule has 0 saturated heterocycles. The van der Waals surface area contributed by atoms with E-state index in [0.717, 1.165) is 12.1 Å². The van der Waals surface area contributed by atoms with Crippen LogP contribution in [0.3, 0.4) is 0 Å². The number of carbonyl (C=O) groups is 1. The summed E-state index contributed by atoms with van der Waals surface area (Å²) in [5.74, 6) is -0.0941. The highest BCUT2D eigenvalue weighted by atomic mass is 32.1. The Hall–Kier alpha value is -1.75. The molecule has 0 aliphatic rings. The Labute approximate surface area is 97.4 Å². The van der Waals surface area contributed by atoms with Gasteiger partial charge in [-0.1, -0.05) is 0 Å². The van der Waals surface area contributed by atoms with Gasteiger partial charge in [-0.3, -0.25) is 9.78 Å². The summed E-state index contributed by atoms with van der Waals surface area (Å²) >= 11 is 1.56. The van der Waals surface area contributed by atoms with Crippen molar-refractivity contribution in [3.05, 3.63) is 46.7 Å². The normalized spacial score (nSPS) is 10.0. The van der Waals surface area contributed by atoms with Gasteiger partial charge in [0.15, 0.2) is 0 Å². The van der Waals surface area contributed by atoms with Crippen LogP contribution in [0.4, 0.5) is 0 Å². The number of carbonyl (C=O) groups excluding carboxylic acids is 1. The van der Waals surface area contributed by atoms with Crippen molar-refractivity contribution in [1.82, 2.24) is 15.3 Å². The van der Waals surface area contributed by atoms with Crippen molar-refractivity contribution >= 4 is 17.2 Å². The Balaban J connectivity index is 1.81. The van der Waals surface area contributed by atoms with E-state index in [1.165, 1.54) is 0 Å². The number of nitrogens with zero attached hydrogens (tertiary/aromatic N) is 2. The molecule has 4 nitrogen and oxygen atoms in total. The molecule has 5 heteroatoms. The minimum absolute atomic E-state index is 0.0941. The van der Waals surface area contributed by atoms with Crippen LogP contribution in [0.15, 0.2) is 35.4 Å². The van der Waals surface area contributed by atoms with Crippen molar-refractivity contribution in [3.8, 4) is 0 Å². The summed E-state index contributed by atoms with van der Waals surface area (Å²) in [4.78, 5) is 19.6. The van der Waals surface area contributed by atoms with Crippen LogP contribution in [0, 0.1) is 0 Å². The lowest BCUT2D eigenvalue weighted by Gasteiger charge is -2.02. The predicted molar refractivity (Wildman–Crippen MR) is 62.4 cm³/mol. The van der Waals surface area contributed by atoms with Gasteiger partial charge in [-0.2, -0.15) is 0 Å². The fourth-order valence-electron chi connectivity index (χ4n) is 1.26. The molecule has 0 saturated carbocycles. The Morgan fingerprint density at radius 1 is 1.50 bits per heavy atom. The highest BCUT2D eigenvalue weighted by Gasteiger charge is 2.04. The van der Waals surface area contributed by atoms with Gasteiger partial charge in [0.2, 0.25) is 0 Å². The fraction of sp³-hybridized carbons (Fsp3) is 0.182. The lowest BCUT2D eigenvalue weighted by Crippen LogP contribution is -2.25. The van der Waals surface area contributed by atoms with Crippen LogP contribution >= 0.6 is 11.3 Å². The van der Waals surface area contributed by atoms with Crippen molar-refractivity contribution in [2.24, 2.45) is 0 Å². The lowest BCUT2D eigenvalue weighted by atomic mass is 10.2. The van der Waals surface area contributed by atoms with Gasteiger partial charge in [0.05, 0.1) is 16.8 Å². The van der Waals surface area contributed by atoms with Crippen molar-refractivity contribution in [2.45, 2.75) is 6.42 Å². The van der Waals surface area contributed by atoms with E-state index in [9.17, 15) is 4.79 Å². The van der Waals surface area contributed by atoms with Crippen LogP contribution in [-0.2, 0) is 6.42 Å². The fourth-order valence-corrected chi connectivity index (χ4v) is 1.86. The second-order valence-corrected chi connectivity index (χ2v) is 3.95. The molecule has 0 aliphatic heterocycles. The molecule has 0 spiro atoms. The Morgan fingerprint density at radius 2 is 2.44 bits per heavy atom. The molecule has 0 aromatic carbocycles. The first-order chi connectivity index (χ1) is 7.86. The molecule has 0 radical (unpaired) electrons. The molecule has 2 rings (SSSR count). The first-order valence-corrected chi connectivity index (χ1v) is 5.86. The number of nitrogens with one attached hydrogen (secondary N) is 1. The molecule has 0 bridgehead atoms. The Morgan fingerprint density at radius 3 is 3.12 bits per heavy atom. The Kier molecular flexibility index (Phi) is 3.61. The van der Waals surface area contributed by atoms with Crippen LogP contribution in [-0.4, -0.2) is 22.4 Å². The lowest BCUT2D eigenvalue weighted by molar-refractivity contribution is 0.0953. The van der Waals surface area contributed by atoms with E-state index in [1.54, 1.807) is 41.4 Å². The summed E-state index contributed by atoms with van der Waals surface area (Å²) < 4.78 is 0. The molecule has 0 atom stereocenters. The number of hydrogen-bond donors (Lipinski definition) is 1. The van der Waals surface area contributed by atoms with E-state index in [2.05, 4.69) is 15.3 Å². The number of pyridine rings is 1. The minimum Gasteiger partial charge on any atom is -0.352 e. The van der Waals surface area contributed by atoms with E-state index in [0.29, 0.717) is 12.1 Å². The van der Waals surface area contributed by atoms with Crippen molar-refractivity contribution in [3.63, 3.8) is 0 Å². The van der Waals surface area contributed by atoms with Crippen molar-refractivity contribution in [2.75, 3.05) is 6.54 Å². The van der Waals surface area contributed by atoms with Gasteiger partial charge in [-0.05, 0) is 12.1 Å². The maximum absolute atomic E-state index is 11.6. The van der Waals surface area contributed by atoms with Crippen LogP contribution in [0.1, 0.15) is 16.1 Å². The predicted octanol–water partition coefficient (Wildman–Crippen LogP) is 1.51. The summed E-state index contributed by atoms with van der Waals surface area (Å²) in [6, 6.07) is 3.49. The zero-order valence-electron chi connectivity index (χ0n) is 8.59. The van der Waals surface area contributed by atoms with Gasteiger partial charge in [0.25, 0.3) is 5.91 Å². The molecule has 16 heavy (non-hydrogen) atoms. The third-order valence-corrected chi connectivity index (χ3v) is 2.71. The van der Waals surface area contributed by atoms with Crippen LogP contribution in [0.5, 0.6) is 0 Å². The molecular weight excluding hydrogens is 222 g/mol. The van der Waals surface area contributed by atoms with Crippen LogP contribution < -0.4 is 5.32 Å².